The maximum absolute atomic E-state index is 13.0. The van der Waals surface area contributed by atoms with Crippen LogP contribution in [0.2, 0.25) is 0 Å². The lowest BCUT2D eigenvalue weighted by Crippen LogP contribution is -2.50. The van der Waals surface area contributed by atoms with Gasteiger partial charge < -0.3 is 9.64 Å². The second kappa shape index (κ2) is 11.6. The number of halogens is 1. The molecule has 1 aliphatic rings. The Morgan fingerprint density at radius 1 is 1.12 bits per heavy atom. The number of unbranched alkanes of at least 4 members (excludes halogenated alkanes) is 2. The molecule has 2 aromatic rings. The number of hydrogen-bond acceptors (Lipinski definition) is 4. The summed E-state index contributed by atoms with van der Waals surface area (Å²) in [4.78, 5) is 16.9. The molecule has 1 heterocycles. The van der Waals surface area contributed by atoms with Gasteiger partial charge in [0, 0.05) is 32.2 Å². The summed E-state index contributed by atoms with van der Waals surface area (Å²) in [5.41, 5.74) is 2.98. The quantitative estimate of drug-likeness (QED) is 0.526. The second-order valence-electron chi connectivity index (χ2n) is 8.36. The van der Waals surface area contributed by atoms with Gasteiger partial charge in [0.05, 0.1) is 11.6 Å². The van der Waals surface area contributed by atoms with Gasteiger partial charge in [-0.05, 0) is 54.8 Å². The van der Waals surface area contributed by atoms with E-state index in [-0.39, 0.29) is 18.3 Å². The number of rotatable bonds is 9. The molecule has 0 N–H and O–H groups in total. The van der Waals surface area contributed by atoms with Gasteiger partial charge in [-0.2, -0.15) is 5.26 Å². The Kier molecular flexibility index (Phi) is 8.64. The number of hydrogen-bond donors (Lipinski definition) is 0. The summed E-state index contributed by atoms with van der Waals surface area (Å²) in [6, 6.07) is 14.4. The summed E-state index contributed by atoms with van der Waals surface area (Å²) in [5, 5.41) is 9.26. The Hall–Kier alpha value is -2.91. The average molecular weight is 438 g/mol. The molecular weight excluding hydrogens is 405 g/mol. The molecule has 6 heteroatoms. The lowest BCUT2D eigenvalue weighted by molar-refractivity contribution is -0.135. The molecule has 0 saturated carbocycles. The van der Waals surface area contributed by atoms with Gasteiger partial charge in [-0.3, -0.25) is 9.69 Å². The van der Waals surface area contributed by atoms with Crippen molar-refractivity contribution >= 4 is 5.91 Å². The largest absolute Gasteiger partial charge is 0.484 e. The van der Waals surface area contributed by atoms with E-state index in [2.05, 4.69) is 30.0 Å². The maximum atomic E-state index is 13.0. The van der Waals surface area contributed by atoms with Crippen molar-refractivity contribution in [2.45, 2.75) is 45.6 Å². The predicted octanol–water partition coefficient (Wildman–Crippen LogP) is 4.85. The third-order valence-electron chi connectivity index (χ3n) is 6.12. The van der Waals surface area contributed by atoms with Gasteiger partial charge in [0.1, 0.15) is 11.6 Å². The highest BCUT2D eigenvalue weighted by atomic mass is 19.1. The van der Waals surface area contributed by atoms with E-state index >= 15 is 0 Å². The molecule has 5 nitrogen and oxygen atoms in total. The lowest BCUT2D eigenvalue weighted by atomic mass is 9.95. The minimum Gasteiger partial charge on any atom is -0.484 e. The van der Waals surface area contributed by atoms with Crippen molar-refractivity contribution in [1.29, 1.82) is 5.26 Å². The monoisotopic (exact) mass is 437 g/mol. The van der Waals surface area contributed by atoms with Crippen LogP contribution in [0.15, 0.2) is 42.5 Å². The summed E-state index contributed by atoms with van der Waals surface area (Å²) >= 11 is 0. The number of benzene rings is 2. The number of nitriles is 1. The first-order chi connectivity index (χ1) is 15.5. The van der Waals surface area contributed by atoms with Crippen molar-refractivity contribution in [2.24, 2.45) is 0 Å². The number of carbonyl (C=O) groups is 1. The van der Waals surface area contributed by atoms with Gasteiger partial charge >= 0.3 is 0 Å². The first-order valence-corrected chi connectivity index (χ1v) is 11.4. The molecule has 1 fully saturated rings. The second-order valence-corrected chi connectivity index (χ2v) is 8.36. The maximum Gasteiger partial charge on any atom is 0.260 e. The molecule has 1 amide bonds. The van der Waals surface area contributed by atoms with Crippen LogP contribution in [0.4, 0.5) is 4.39 Å². The molecule has 1 atom stereocenters. The minimum atomic E-state index is -0.328. The van der Waals surface area contributed by atoms with E-state index in [0.29, 0.717) is 24.9 Å². The molecule has 32 heavy (non-hydrogen) atoms. The van der Waals surface area contributed by atoms with Crippen molar-refractivity contribution in [1.82, 2.24) is 9.80 Å². The normalized spacial score (nSPS) is 15.2. The van der Waals surface area contributed by atoms with Gasteiger partial charge in [-0.15, -0.1) is 0 Å². The standard InChI is InChI=1S/C26H32FN3O2/c1-3-4-5-6-25(21-7-8-22(18-28)20(2)17-21)29-13-15-30(16-14-29)26(31)19-32-24-11-9-23(27)10-12-24/h7-12,17,25H,3-6,13-16,19H2,1-2H3. The first-order valence-electron chi connectivity index (χ1n) is 11.4. The zero-order valence-electron chi connectivity index (χ0n) is 19.0. The van der Waals surface area contributed by atoms with Crippen LogP contribution in [0.5, 0.6) is 5.75 Å². The van der Waals surface area contributed by atoms with Crippen LogP contribution in [0.1, 0.15) is 55.3 Å². The van der Waals surface area contributed by atoms with E-state index in [1.165, 1.54) is 42.7 Å². The van der Waals surface area contributed by atoms with Crippen molar-refractivity contribution in [3.05, 3.63) is 65.0 Å². The molecule has 1 unspecified atom stereocenters. The summed E-state index contributed by atoms with van der Waals surface area (Å²) in [6.07, 6.45) is 4.60. The molecule has 2 aromatic carbocycles. The smallest absolute Gasteiger partial charge is 0.260 e. The molecule has 0 aliphatic carbocycles. The molecule has 0 aromatic heterocycles. The zero-order valence-corrected chi connectivity index (χ0v) is 19.0. The van der Waals surface area contributed by atoms with Crippen LogP contribution < -0.4 is 4.74 Å². The Morgan fingerprint density at radius 3 is 2.47 bits per heavy atom. The molecule has 1 aliphatic heterocycles. The fourth-order valence-corrected chi connectivity index (χ4v) is 4.22. The van der Waals surface area contributed by atoms with E-state index < -0.39 is 0 Å². The van der Waals surface area contributed by atoms with Gasteiger partial charge in [-0.25, -0.2) is 4.39 Å². The van der Waals surface area contributed by atoms with E-state index in [1.807, 2.05) is 17.9 Å². The van der Waals surface area contributed by atoms with E-state index in [1.54, 1.807) is 0 Å². The number of piperazine rings is 1. The van der Waals surface area contributed by atoms with E-state index in [0.717, 1.165) is 37.1 Å². The Morgan fingerprint density at radius 2 is 1.84 bits per heavy atom. The highest BCUT2D eigenvalue weighted by Crippen LogP contribution is 2.29. The third kappa shape index (κ3) is 6.30. The topological polar surface area (TPSA) is 56.6 Å². The Bertz CT molecular complexity index is 931. The SMILES string of the molecule is CCCCCC(c1ccc(C#N)c(C)c1)N1CCN(C(=O)COc2ccc(F)cc2)CC1. The van der Waals surface area contributed by atoms with E-state index in [9.17, 15) is 14.4 Å². The number of carbonyl (C=O) groups excluding carboxylic acids is 1. The van der Waals surface area contributed by atoms with Crippen molar-refractivity contribution < 1.29 is 13.9 Å². The van der Waals surface area contributed by atoms with Crippen LogP contribution >= 0.6 is 0 Å². The van der Waals surface area contributed by atoms with Crippen LogP contribution in [0.25, 0.3) is 0 Å². The van der Waals surface area contributed by atoms with Gasteiger partial charge in [0.15, 0.2) is 6.61 Å². The molecule has 3 rings (SSSR count). The molecular formula is C26H32FN3O2. The number of ether oxygens (including phenoxy) is 1. The summed E-state index contributed by atoms with van der Waals surface area (Å²) in [6.45, 7) is 7.08. The Labute approximate surface area is 190 Å². The minimum absolute atomic E-state index is 0.0413. The third-order valence-corrected chi connectivity index (χ3v) is 6.12. The Balaban J connectivity index is 1.59. The number of amides is 1. The van der Waals surface area contributed by atoms with Gasteiger partial charge in [0.2, 0.25) is 0 Å². The van der Waals surface area contributed by atoms with Crippen molar-refractivity contribution in [2.75, 3.05) is 32.8 Å². The fraction of sp³-hybridized carbons (Fsp3) is 0.462. The van der Waals surface area contributed by atoms with Crippen LogP contribution in [0, 0.1) is 24.1 Å². The predicted molar refractivity (Wildman–Crippen MR) is 123 cm³/mol. The van der Waals surface area contributed by atoms with Crippen LogP contribution in [0.3, 0.4) is 0 Å². The molecule has 170 valence electrons. The van der Waals surface area contributed by atoms with Gasteiger partial charge in [-0.1, -0.05) is 38.3 Å². The average Bonchev–Trinajstić information content (AvgIpc) is 2.81. The zero-order chi connectivity index (χ0) is 22.9. The summed E-state index contributed by atoms with van der Waals surface area (Å²) < 4.78 is 18.5. The van der Waals surface area contributed by atoms with Gasteiger partial charge in [0.25, 0.3) is 5.91 Å². The molecule has 0 radical (unpaired) electrons. The molecule has 1 saturated heterocycles. The lowest BCUT2D eigenvalue weighted by Gasteiger charge is -2.39. The van der Waals surface area contributed by atoms with E-state index in [4.69, 9.17) is 4.74 Å². The first kappa shape index (κ1) is 23.7. The summed E-state index contributed by atoms with van der Waals surface area (Å²) in [7, 11) is 0. The van der Waals surface area contributed by atoms with Crippen LogP contribution in [-0.2, 0) is 4.79 Å². The van der Waals surface area contributed by atoms with Crippen molar-refractivity contribution in [3.63, 3.8) is 0 Å². The number of nitrogens with zero attached hydrogens (tertiary/aromatic N) is 3. The molecule has 0 spiro atoms. The van der Waals surface area contributed by atoms with Crippen LogP contribution in [-0.4, -0.2) is 48.5 Å². The van der Waals surface area contributed by atoms with Crippen molar-refractivity contribution in [3.8, 4) is 11.8 Å². The number of aryl methyl sites for hydroxylation is 1. The molecule has 0 bridgehead atoms. The highest BCUT2D eigenvalue weighted by Gasteiger charge is 2.27. The fourth-order valence-electron chi connectivity index (χ4n) is 4.22. The highest BCUT2D eigenvalue weighted by molar-refractivity contribution is 5.77. The summed E-state index contributed by atoms with van der Waals surface area (Å²) in [5.74, 6) is 0.113.